The van der Waals surface area contributed by atoms with Gasteiger partial charge >= 0.3 is 0 Å². The number of benzene rings is 1. The van der Waals surface area contributed by atoms with Gasteiger partial charge in [0.2, 0.25) is 0 Å². The monoisotopic (exact) mass is 223 g/mol. The predicted molar refractivity (Wildman–Crippen MR) is 57.7 cm³/mol. The molecule has 0 atom stereocenters. The van der Waals surface area contributed by atoms with Crippen LogP contribution in [-0.4, -0.2) is 9.78 Å². The van der Waals surface area contributed by atoms with Crippen molar-refractivity contribution in [2.45, 2.75) is 13.5 Å². The van der Waals surface area contributed by atoms with Crippen LogP contribution < -0.4 is 5.73 Å². The van der Waals surface area contributed by atoms with E-state index in [4.69, 9.17) is 5.73 Å². The van der Waals surface area contributed by atoms with Crippen LogP contribution in [0.15, 0.2) is 24.5 Å². The molecule has 0 aliphatic heterocycles. The maximum absolute atomic E-state index is 13.6. The van der Waals surface area contributed by atoms with Crippen LogP contribution in [0.5, 0.6) is 0 Å². The zero-order valence-electron chi connectivity index (χ0n) is 8.74. The zero-order chi connectivity index (χ0) is 11.7. The summed E-state index contributed by atoms with van der Waals surface area (Å²) in [5.41, 5.74) is 5.79. The lowest BCUT2D eigenvalue weighted by Gasteiger charge is -2.03. The van der Waals surface area contributed by atoms with Crippen molar-refractivity contribution in [3.8, 4) is 11.1 Å². The molecule has 0 amide bonds. The SMILES string of the molecule is CCn1cc(-c2ccc(N)c(F)c2F)cn1. The largest absolute Gasteiger partial charge is 0.396 e. The first kappa shape index (κ1) is 10.6. The topological polar surface area (TPSA) is 43.8 Å². The van der Waals surface area contributed by atoms with Crippen LogP contribution in [0.25, 0.3) is 11.1 Å². The number of halogens is 2. The van der Waals surface area contributed by atoms with E-state index in [0.29, 0.717) is 12.1 Å². The molecular weight excluding hydrogens is 212 g/mol. The normalized spacial score (nSPS) is 10.7. The van der Waals surface area contributed by atoms with E-state index in [-0.39, 0.29) is 11.3 Å². The number of aromatic nitrogens is 2. The number of anilines is 1. The molecule has 0 bridgehead atoms. The molecule has 0 radical (unpaired) electrons. The minimum Gasteiger partial charge on any atom is -0.396 e. The fraction of sp³-hybridized carbons (Fsp3) is 0.182. The van der Waals surface area contributed by atoms with E-state index in [1.54, 1.807) is 10.9 Å². The Morgan fingerprint density at radius 1 is 1.31 bits per heavy atom. The van der Waals surface area contributed by atoms with Crippen LogP contribution in [0.3, 0.4) is 0 Å². The van der Waals surface area contributed by atoms with E-state index in [1.807, 2.05) is 6.92 Å². The Morgan fingerprint density at radius 3 is 2.69 bits per heavy atom. The average Bonchev–Trinajstić information content (AvgIpc) is 2.74. The highest BCUT2D eigenvalue weighted by atomic mass is 19.2. The Morgan fingerprint density at radius 2 is 2.06 bits per heavy atom. The second kappa shape index (κ2) is 3.92. The lowest BCUT2D eigenvalue weighted by Crippen LogP contribution is -1.96. The molecule has 16 heavy (non-hydrogen) atoms. The van der Waals surface area contributed by atoms with Crippen LogP contribution in [0.2, 0.25) is 0 Å². The van der Waals surface area contributed by atoms with Crippen LogP contribution in [0, 0.1) is 11.6 Å². The number of hydrogen-bond acceptors (Lipinski definition) is 2. The maximum Gasteiger partial charge on any atom is 0.182 e. The van der Waals surface area contributed by atoms with Gasteiger partial charge in [-0.25, -0.2) is 8.78 Å². The summed E-state index contributed by atoms with van der Waals surface area (Å²) in [6.45, 7) is 2.59. The number of rotatable bonds is 2. The third-order valence-electron chi connectivity index (χ3n) is 2.38. The molecule has 1 aromatic heterocycles. The summed E-state index contributed by atoms with van der Waals surface area (Å²) in [5, 5.41) is 4.00. The minimum atomic E-state index is -1.01. The summed E-state index contributed by atoms with van der Waals surface area (Å²) in [6, 6.07) is 2.79. The van der Waals surface area contributed by atoms with Crippen molar-refractivity contribution >= 4 is 5.69 Å². The van der Waals surface area contributed by atoms with Gasteiger partial charge in [0.25, 0.3) is 0 Å². The van der Waals surface area contributed by atoms with Crippen molar-refractivity contribution in [1.82, 2.24) is 9.78 Å². The van der Waals surface area contributed by atoms with Crippen LogP contribution in [-0.2, 0) is 6.54 Å². The van der Waals surface area contributed by atoms with Gasteiger partial charge in [0.15, 0.2) is 11.6 Å². The van der Waals surface area contributed by atoms with Gasteiger partial charge in [-0.05, 0) is 19.1 Å². The number of hydrogen-bond donors (Lipinski definition) is 1. The quantitative estimate of drug-likeness (QED) is 0.794. The summed E-state index contributed by atoms with van der Waals surface area (Å²) in [5.74, 6) is -1.95. The number of aryl methyl sites for hydroxylation is 1. The Bertz CT molecular complexity index is 520. The van der Waals surface area contributed by atoms with Crippen LogP contribution >= 0.6 is 0 Å². The molecule has 1 heterocycles. The predicted octanol–water partition coefficient (Wildman–Crippen LogP) is 2.43. The molecular formula is C11H11F2N3. The van der Waals surface area contributed by atoms with E-state index in [2.05, 4.69) is 5.10 Å². The Balaban J connectivity index is 2.52. The highest BCUT2D eigenvalue weighted by Gasteiger charge is 2.13. The Hall–Kier alpha value is -1.91. The highest BCUT2D eigenvalue weighted by Crippen LogP contribution is 2.26. The fourth-order valence-corrected chi connectivity index (χ4v) is 1.46. The van der Waals surface area contributed by atoms with Crippen molar-refractivity contribution in [2.75, 3.05) is 5.73 Å². The molecule has 0 unspecified atom stereocenters. The molecule has 0 fully saturated rings. The van der Waals surface area contributed by atoms with Crippen LogP contribution in [0.1, 0.15) is 6.92 Å². The van der Waals surface area contributed by atoms with Crippen molar-refractivity contribution in [3.63, 3.8) is 0 Å². The average molecular weight is 223 g/mol. The lowest BCUT2D eigenvalue weighted by atomic mass is 10.1. The molecule has 0 aliphatic carbocycles. The third-order valence-corrected chi connectivity index (χ3v) is 2.38. The summed E-state index contributed by atoms with van der Waals surface area (Å²) >= 11 is 0. The molecule has 2 rings (SSSR count). The Kier molecular flexibility index (Phi) is 2.60. The molecule has 0 aliphatic rings. The first-order valence-corrected chi connectivity index (χ1v) is 4.89. The van der Waals surface area contributed by atoms with Crippen molar-refractivity contribution < 1.29 is 8.78 Å². The van der Waals surface area contributed by atoms with Gasteiger partial charge in [-0.15, -0.1) is 0 Å². The summed E-state index contributed by atoms with van der Waals surface area (Å²) in [4.78, 5) is 0. The molecule has 3 nitrogen and oxygen atoms in total. The van der Waals surface area contributed by atoms with Gasteiger partial charge < -0.3 is 5.73 Å². The first-order chi connectivity index (χ1) is 7.63. The minimum absolute atomic E-state index is 0.173. The number of nitrogens with two attached hydrogens (primary N) is 1. The van der Waals surface area contributed by atoms with Gasteiger partial charge in [-0.3, -0.25) is 4.68 Å². The fourth-order valence-electron chi connectivity index (χ4n) is 1.46. The van der Waals surface area contributed by atoms with Gasteiger partial charge in [0, 0.05) is 23.9 Å². The summed E-state index contributed by atoms with van der Waals surface area (Å²) in [6.07, 6.45) is 3.16. The van der Waals surface area contributed by atoms with Crippen molar-refractivity contribution in [2.24, 2.45) is 0 Å². The standard InChI is InChI=1S/C11H11F2N3/c1-2-16-6-7(5-15-16)8-3-4-9(14)11(13)10(8)12/h3-6H,2,14H2,1H3. The van der Waals surface area contributed by atoms with E-state index in [9.17, 15) is 8.78 Å². The summed E-state index contributed by atoms with van der Waals surface area (Å²) < 4.78 is 28.4. The number of nitrogens with zero attached hydrogens (tertiary/aromatic N) is 2. The smallest absolute Gasteiger partial charge is 0.182 e. The molecule has 2 N–H and O–H groups in total. The van der Waals surface area contributed by atoms with Crippen molar-refractivity contribution in [3.05, 3.63) is 36.2 Å². The van der Waals surface area contributed by atoms with Gasteiger partial charge in [0.05, 0.1) is 11.9 Å². The lowest BCUT2D eigenvalue weighted by molar-refractivity contribution is 0.514. The molecule has 0 saturated heterocycles. The van der Waals surface area contributed by atoms with Gasteiger partial charge in [0.1, 0.15) is 0 Å². The second-order valence-electron chi connectivity index (χ2n) is 3.42. The van der Waals surface area contributed by atoms with Crippen LogP contribution in [0.4, 0.5) is 14.5 Å². The third kappa shape index (κ3) is 1.64. The van der Waals surface area contributed by atoms with E-state index in [0.717, 1.165) is 0 Å². The molecule has 84 valence electrons. The van der Waals surface area contributed by atoms with Gasteiger partial charge in [-0.1, -0.05) is 0 Å². The van der Waals surface area contributed by atoms with E-state index >= 15 is 0 Å². The zero-order valence-corrected chi connectivity index (χ0v) is 8.74. The first-order valence-electron chi connectivity index (χ1n) is 4.89. The maximum atomic E-state index is 13.6. The van der Waals surface area contributed by atoms with E-state index < -0.39 is 11.6 Å². The van der Waals surface area contributed by atoms with Gasteiger partial charge in [-0.2, -0.15) is 5.10 Å². The molecule has 0 saturated carbocycles. The highest BCUT2D eigenvalue weighted by molar-refractivity contribution is 5.65. The second-order valence-corrected chi connectivity index (χ2v) is 3.42. The molecule has 2 aromatic rings. The van der Waals surface area contributed by atoms with E-state index in [1.165, 1.54) is 18.3 Å². The number of nitrogen functional groups attached to an aromatic ring is 1. The molecule has 0 spiro atoms. The molecule has 1 aromatic carbocycles. The summed E-state index contributed by atoms with van der Waals surface area (Å²) in [7, 11) is 0. The molecule has 5 heteroatoms. The van der Waals surface area contributed by atoms with Crippen molar-refractivity contribution in [1.29, 1.82) is 0 Å². The Labute approximate surface area is 91.5 Å².